The molecular weight excluding hydrogens is 272 g/mol. The van der Waals surface area contributed by atoms with Gasteiger partial charge in [0.15, 0.2) is 5.82 Å². The lowest BCUT2D eigenvalue weighted by Gasteiger charge is -2.25. The normalized spacial score (nSPS) is 15.7. The highest BCUT2D eigenvalue weighted by molar-refractivity contribution is 5.56. The van der Waals surface area contributed by atoms with Crippen LogP contribution in [0.3, 0.4) is 0 Å². The number of rotatable bonds is 4. The summed E-state index contributed by atoms with van der Waals surface area (Å²) in [5, 5.41) is 3.67. The summed E-state index contributed by atoms with van der Waals surface area (Å²) in [5.41, 5.74) is 3.11. The van der Waals surface area contributed by atoms with Gasteiger partial charge in [0, 0.05) is 23.5 Å². The smallest absolute Gasteiger partial charge is 0.180 e. The summed E-state index contributed by atoms with van der Waals surface area (Å²) in [5.74, 6) is 1.72. The molecule has 1 aliphatic carbocycles. The summed E-state index contributed by atoms with van der Waals surface area (Å²) in [6.07, 6.45) is 9.21. The van der Waals surface area contributed by atoms with Crippen LogP contribution in [0.5, 0.6) is 0 Å². The molecule has 1 N–H and O–H groups in total. The molecule has 116 valence electrons. The zero-order valence-corrected chi connectivity index (χ0v) is 13.5. The Labute approximate surface area is 132 Å². The van der Waals surface area contributed by atoms with Gasteiger partial charge in [0.2, 0.25) is 0 Å². The third kappa shape index (κ3) is 3.26. The van der Waals surface area contributed by atoms with E-state index in [0.29, 0.717) is 11.9 Å². The van der Waals surface area contributed by atoms with Gasteiger partial charge in [-0.1, -0.05) is 32.3 Å². The van der Waals surface area contributed by atoms with E-state index in [1.807, 2.05) is 18.2 Å². The van der Waals surface area contributed by atoms with E-state index >= 15 is 0 Å². The van der Waals surface area contributed by atoms with Gasteiger partial charge in [-0.2, -0.15) is 0 Å². The molecule has 4 heteroatoms. The van der Waals surface area contributed by atoms with Crippen molar-refractivity contribution in [2.45, 2.75) is 58.4 Å². The molecule has 1 saturated carbocycles. The Morgan fingerprint density at radius 2 is 1.95 bits per heavy atom. The largest absolute Gasteiger partial charge is 0.367 e. The highest BCUT2D eigenvalue weighted by Crippen LogP contribution is 2.26. The Balaban J connectivity index is 1.94. The van der Waals surface area contributed by atoms with Crippen LogP contribution in [0.1, 0.15) is 50.3 Å². The minimum absolute atomic E-state index is 0.546. The molecule has 0 spiro atoms. The second-order valence-corrected chi connectivity index (χ2v) is 6.01. The van der Waals surface area contributed by atoms with Crippen molar-refractivity contribution in [1.82, 2.24) is 15.0 Å². The van der Waals surface area contributed by atoms with E-state index in [1.54, 1.807) is 6.20 Å². The van der Waals surface area contributed by atoms with Gasteiger partial charge in [0.1, 0.15) is 11.5 Å². The Hall–Kier alpha value is -1.97. The number of nitrogens with zero attached hydrogens (tertiary/aromatic N) is 3. The van der Waals surface area contributed by atoms with Crippen LogP contribution in [-0.4, -0.2) is 21.0 Å². The fourth-order valence-electron chi connectivity index (χ4n) is 3.19. The third-order valence-corrected chi connectivity index (χ3v) is 4.41. The number of nitrogens with one attached hydrogen (secondary N) is 1. The molecule has 0 radical (unpaired) electrons. The van der Waals surface area contributed by atoms with E-state index in [2.05, 4.69) is 29.1 Å². The standard InChI is InChI=1S/C18H24N4/c1-3-15-13(2)20-18(16-11-7-8-12-19-16)22-17(15)21-14-9-5-4-6-10-14/h7-8,11-12,14H,3-6,9-10H2,1-2H3,(H,20,21,22). The summed E-state index contributed by atoms with van der Waals surface area (Å²) < 4.78 is 0. The van der Waals surface area contributed by atoms with Gasteiger partial charge < -0.3 is 5.32 Å². The second-order valence-electron chi connectivity index (χ2n) is 6.01. The number of hydrogen-bond donors (Lipinski definition) is 1. The highest BCUT2D eigenvalue weighted by Gasteiger charge is 2.17. The van der Waals surface area contributed by atoms with E-state index in [4.69, 9.17) is 4.98 Å². The predicted octanol–water partition coefficient (Wildman–Crippen LogP) is 4.15. The van der Waals surface area contributed by atoms with Crippen LogP contribution in [-0.2, 0) is 6.42 Å². The molecule has 2 aromatic heterocycles. The van der Waals surface area contributed by atoms with Gasteiger partial charge in [-0.05, 0) is 38.3 Å². The fraction of sp³-hybridized carbons (Fsp3) is 0.500. The zero-order chi connectivity index (χ0) is 15.4. The molecule has 2 aromatic rings. The first-order valence-electron chi connectivity index (χ1n) is 8.33. The van der Waals surface area contributed by atoms with Gasteiger partial charge >= 0.3 is 0 Å². The van der Waals surface area contributed by atoms with Gasteiger partial charge in [-0.15, -0.1) is 0 Å². The first-order valence-corrected chi connectivity index (χ1v) is 8.33. The van der Waals surface area contributed by atoms with E-state index in [0.717, 1.165) is 23.6 Å². The zero-order valence-electron chi connectivity index (χ0n) is 13.5. The lowest BCUT2D eigenvalue weighted by atomic mass is 9.95. The molecule has 0 aliphatic heterocycles. The molecule has 4 nitrogen and oxygen atoms in total. The van der Waals surface area contributed by atoms with Crippen molar-refractivity contribution in [2.24, 2.45) is 0 Å². The summed E-state index contributed by atoms with van der Waals surface area (Å²) in [7, 11) is 0. The molecule has 1 aliphatic rings. The number of hydrogen-bond acceptors (Lipinski definition) is 4. The maximum atomic E-state index is 4.78. The van der Waals surface area contributed by atoms with Gasteiger partial charge in [-0.25, -0.2) is 9.97 Å². The topological polar surface area (TPSA) is 50.7 Å². The van der Waals surface area contributed by atoms with Crippen molar-refractivity contribution >= 4 is 5.82 Å². The quantitative estimate of drug-likeness (QED) is 0.920. The maximum Gasteiger partial charge on any atom is 0.180 e. The van der Waals surface area contributed by atoms with Crippen molar-refractivity contribution in [3.8, 4) is 11.5 Å². The summed E-state index contributed by atoms with van der Waals surface area (Å²) in [6.45, 7) is 4.23. The number of aryl methyl sites for hydroxylation is 1. The lowest BCUT2D eigenvalue weighted by Crippen LogP contribution is -2.24. The van der Waals surface area contributed by atoms with Crippen molar-refractivity contribution in [2.75, 3.05) is 5.32 Å². The predicted molar refractivity (Wildman–Crippen MR) is 89.9 cm³/mol. The molecule has 0 amide bonds. The van der Waals surface area contributed by atoms with Crippen LogP contribution >= 0.6 is 0 Å². The van der Waals surface area contributed by atoms with Crippen LogP contribution in [0.4, 0.5) is 5.82 Å². The minimum atomic E-state index is 0.546. The SMILES string of the molecule is CCc1c(C)nc(-c2ccccn2)nc1NC1CCCCC1. The Bertz CT molecular complexity index is 618. The van der Waals surface area contributed by atoms with Crippen LogP contribution in [0, 0.1) is 6.92 Å². The lowest BCUT2D eigenvalue weighted by molar-refractivity contribution is 0.461. The van der Waals surface area contributed by atoms with E-state index in [-0.39, 0.29) is 0 Å². The molecule has 2 heterocycles. The van der Waals surface area contributed by atoms with Gasteiger partial charge in [0.25, 0.3) is 0 Å². The average molecular weight is 296 g/mol. The first-order chi connectivity index (χ1) is 10.8. The Morgan fingerprint density at radius 1 is 1.14 bits per heavy atom. The van der Waals surface area contributed by atoms with Crippen molar-refractivity contribution in [1.29, 1.82) is 0 Å². The Morgan fingerprint density at radius 3 is 2.64 bits per heavy atom. The molecule has 0 aromatic carbocycles. The Kier molecular flexibility index (Phi) is 4.66. The molecule has 0 bridgehead atoms. The van der Waals surface area contributed by atoms with Crippen molar-refractivity contribution in [3.05, 3.63) is 35.7 Å². The molecular formula is C18H24N4. The fourth-order valence-corrected chi connectivity index (χ4v) is 3.19. The molecule has 0 saturated heterocycles. The van der Waals surface area contributed by atoms with Crippen molar-refractivity contribution < 1.29 is 0 Å². The maximum absolute atomic E-state index is 4.78. The van der Waals surface area contributed by atoms with Crippen LogP contribution in [0.15, 0.2) is 24.4 Å². The van der Waals surface area contributed by atoms with E-state index in [1.165, 1.54) is 37.7 Å². The third-order valence-electron chi connectivity index (χ3n) is 4.41. The minimum Gasteiger partial charge on any atom is -0.367 e. The molecule has 0 unspecified atom stereocenters. The average Bonchev–Trinajstić information content (AvgIpc) is 2.56. The number of aromatic nitrogens is 3. The molecule has 22 heavy (non-hydrogen) atoms. The van der Waals surface area contributed by atoms with Gasteiger partial charge in [0.05, 0.1) is 0 Å². The molecule has 1 fully saturated rings. The van der Waals surface area contributed by atoms with Crippen LogP contribution in [0.25, 0.3) is 11.5 Å². The summed E-state index contributed by atoms with van der Waals surface area (Å²) >= 11 is 0. The highest BCUT2D eigenvalue weighted by atomic mass is 15.1. The van der Waals surface area contributed by atoms with Crippen LogP contribution < -0.4 is 5.32 Å². The van der Waals surface area contributed by atoms with Crippen molar-refractivity contribution in [3.63, 3.8) is 0 Å². The second kappa shape index (κ2) is 6.86. The van der Waals surface area contributed by atoms with Crippen LogP contribution in [0.2, 0.25) is 0 Å². The number of anilines is 1. The molecule has 0 atom stereocenters. The molecule has 3 rings (SSSR count). The summed E-state index contributed by atoms with van der Waals surface area (Å²) in [6, 6.07) is 6.40. The van der Waals surface area contributed by atoms with E-state index < -0.39 is 0 Å². The number of pyridine rings is 1. The monoisotopic (exact) mass is 296 g/mol. The summed E-state index contributed by atoms with van der Waals surface area (Å²) in [4.78, 5) is 13.8. The first kappa shape index (κ1) is 14.9. The van der Waals surface area contributed by atoms with E-state index in [9.17, 15) is 0 Å². The van der Waals surface area contributed by atoms with Gasteiger partial charge in [-0.3, -0.25) is 4.98 Å².